The van der Waals surface area contributed by atoms with Crippen molar-refractivity contribution in [3.05, 3.63) is 47.2 Å². The van der Waals surface area contributed by atoms with E-state index >= 15 is 0 Å². The number of allylic oxidation sites excluding steroid dienone is 4. The largest absolute Gasteiger partial charge is 0.512 e. The molecule has 19 heavy (non-hydrogen) atoms. The van der Waals surface area contributed by atoms with E-state index in [4.69, 9.17) is 0 Å². The summed E-state index contributed by atoms with van der Waals surface area (Å²) in [6, 6.07) is 2.48. The van der Waals surface area contributed by atoms with E-state index in [0.29, 0.717) is 0 Å². The molecule has 0 fully saturated rings. The Bertz CT molecular complexity index is 669. The van der Waals surface area contributed by atoms with Gasteiger partial charge in [-0.3, -0.25) is 9.59 Å². The molecule has 2 aliphatic carbocycles. The molecule has 0 spiro atoms. The monoisotopic (exact) mass is 258 g/mol. The van der Waals surface area contributed by atoms with Gasteiger partial charge in [0.05, 0.1) is 17.4 Å². The van der Waals surface area contributed by atoms with Crippen LogP contribution >= 0.6 is 0 Å². The van der Waals surface area contributed by atoms with Crippen LogP contribution in [0.3, 0.4) is 0 Å². The highest BCUT2D eigenvalue weighted by Crippen LogP contribution is 2.42. The molecule has 0 saturated carbocycles. The Morgan fingerprint density at radius 3 is 2.47 bits per heavy atom. The molecule has 0 amide bonds. The van der Waals surface area contributed by atoms with E-state index in [0.717, 1.165) is 0 Å². The van der Waals surface area contributed by atoms with Crippen LogP contribution in [-0.2, 0) is 0 Å². The normalized spacial score (nSPS) is 24.7. The summed E-state index contributed by atoms with van der Waals surface area (Å²) >= 11 is 0. The summed E-state index contributed by atoms with van der Waals surface area (Å²) in [4.78, 5) is 24.6. The van der Waals surface area contributed by atoms with Crippen LogP contribution in [0.1, 0.15) is 20.7 Å². The van der Waals surface area contributed by atoms with Crippen molar-refractivity contribution in [3.8, 4) is 11.5 Å². The maximum Gasteiger partial charge on any atom is 0.179 e. The second-order valence-corrected chi connectivity index (χ2v) is 4.56. The minimum absolute atomic E-state index is 0.0703. The number of benzene rings is 1. The van der Waals surface area contributed by atoms with Crippen LogP contribution in [0.25, 0.3) is 0 Å². The molecule has 3 N–H and O–H groups in total. The van der Waals surface area contributed by atoms with Crippen LogP contribution in [-0.4, -0.2) is 26.9 Å². The fourth-order valence-corrected chi connectivity index (χ4v) is 2.58. The lowest BCUT2D eigenvalue weighted by molar-refractivity contribution is 0.0755. The summed E-state index contributed by atoms with van der Waals surface area (Å²) in [6.45, 7) is 0. The van der Waals surface area contributed by atoms with E-state index in [1.807, 2.05) is 0 Å². The summed E-state index contributed by atoms with van der Waals surface area (Å²) in [5.74, 6) is -3.98. The number of aromatic hydroxyl groups is 2. The van der Waals surface area contributed by atoms with E-state index in [1.165, 1.54) is 24.3 Å². The van der Waals surface area contributed by atoms with Gasteiger partial charge in [-0.25, -0.2) is 0 Å². The number of Topliss-reactive ketones (excluding diaryl/α,β-unsaturated/α-hetero) is 2. The number of aliphatic hydroxyl groups is 1. The summed E-state index contributed by atoms with van der Waals surface area (Å²) < 4.78 is 0. The van der Waals surface area contributed by atoms with Crippen molar-refractivity contribution in [1.82, 2.24) is 0 Å². The van der Waals surface area contributed by atoms with E-state index < -0.39 is 29.1 Å². The van der Waals surface area contributed by atoms with Crippen LogP contribution in [0.2, 0.25) is 0 Å². The van der Waals surface area contributed by atoms with Gasteiger partial charge in [0, 0.05) is 5.56 Å². The molecule has 0 aliphatic heterocycles. The molecule has 0 heterocycles. The van der Waals surface area contributed by atoms with Crippen molar-refractivity contribution in [3.63, 3.8) is 0 Å². The van der Waals surface area contributed by atoms with Gasteiger partial charge >= 0.3 is 0 Å². The van der Waals surface area contributed by atoms with Gasteiger partial charge in [0.2, 0.25) is 0 Å². The highest BCUT2D eigenvalue weighted by molar-refractivity contribution is 6.19. The fraction of sp³-hybridized carbons (Fsp3) is 0.143. The third-order valence-corrected chi connectivity index (χ3v) is 3.52. The standard InChI is InChI=1S/C14H10O5/c15-8-3-1-2-6-10(8)14(19)11-7(12(6)17)4-5-9(16)13(11)18/h1-6,10,15-16,18H. The average molecular weight is 258 g/mol. The lowest BCUT2D eigenvalue weighted by atomic mass is 9.71. The Morgan fingerprint density at radius 2 is 1.74 bits per heavy atom. The molecular formula is C14H10O5. The van der Waals surface area contributed by atoms with Crippen molar-refractivity contribution >= 4 is 11.6 Å². The molecular weight excluding hydrogens is 248 g/mol. The van der Waals surface area contributed by atoms with Crippen LogP contribution in [0.5, 0.6) is 11.5 Å². The van der Waals surface area contributed by atoms with Gasteiger partial charge in [-0.15, -0.1) is 0 Å². The quantitative estimate of drug-likeness (QED) is 0.616. The van der Waals surface area contributed by atoms with Crippen molar-refractivity contribution in [2.45, 2.75) is 0 Å². The lowest BCUT2D eigenvalue weighted by Crippen LogP contribution is -2.37. The summed E-state index contributed by atoms with van der Waals surface area (Å²) in [7, 11) is 0. The molecule has 2 unspecified atom stereocenters. The number of carbonyl (C=O) groups is 2. The Labute approximate surface area is 108 Å². The molecule has 2 atom stereocenters. The molecule has 0 bridgehead atoms. The molecule has 0 saturated heterocycles. The zero-order chi connectivity index (χ0) is 13.7. The Kier molecular flexibility index (Phi) is 2.25. The smallest absolute Gasteiger partial charge is 0.179 e. The molecule has 96 valence electrons. The van der Waals surface area contributed by atoms with Gasteiger partial charge in [0.1, 0.15) is 5.76 Å². The van der Waals surface area contributed by atoms with Crippen LogP contribution < -0.4 is 0 Å². The van der Waals surface area contributed by atoms with Gasteiger partial charge in [-0.05, 0) is 18.2 Å². The fourth-order valence-electron chi connectivity index (χ4n) is 2.58. The van der Waals surface area contributed by atoms with Crippen molar-refractivity contribution in [2.75, 3.05) is 0 Å². The highest BCUT2D eigenvalue weighted by Gasteiger charge is 2.44. The van der Waals surface area contributed by atoms with Crippen LogP contribution in [0.15, 0.2) is 36.1 Å². The van der Waals surface area contributed by atoms with Crippen molar-refractivity contribution in [2.24, 2.45) is 11.8 Å². The van der Waals surface area contributed by atoms with Gasteiger partial charge in [0.15, 0.2) is 23.1 Å². The maximum absolute atomic E-state index is 12.3. The molecule has 0 radical (unpaired) electrons. The van der Waals surface area contributed by atoms with Crippen LogP contribution in [0.4, 0.5) is 0 Å². The number of ketones is 2. The predicted molar refractivity (Wildman–Crippen MR) is 65.3 cm³/mol. The molecule has 1 aromatic carbocycles. The second kappa shape index (κ2) is 3.71. The average Bonchev–Trinajstić information content (AvgIpc) is 2.39. The summed E-state index contributed by atoms with van der Waals surface area (Å²) in [6.07, 6.45) is 4.42. The van der Waals surface area contributed by atoms with Crippen LogP contribution in [0, 0.1) is 11.8 Å². The topological polar surface area (TPSA) is 94.8 Å². The number of hydrogen-bond donors (Lipinski definition) is 3. The van der Waals surface area contributed by atoms with E-state index in [1.54, 1.807) is 6.08 Å². The van der Waals surface area contributed by atoms with E-state index in [9.17, 15) is 24.9 Å². The van der Waals surface area contributed by atoms with Gasteiger partial charge < -0.3 is 15.3 Å². The number of aliphatic hydroxyl groups excluding tert-OH is 1. The first-order valence-corrected chi connectivity index (χ1v) is 5.73. The first-order chi connectivity index (χ1) is 9.02. The zero-order valence-corrected chi connectivity index (χ0v) is 9.70. The molecule has 5 nitrogen and oxygen atoms in total. The van der Waals surface area contributed by atoms with Crippen molar-refractivity contribution in [1.29, 1.82) is 0 Å². The third-order valence-electron chi connectivity index (χ3n) is 3.52. The highest BCUT2D eigenvalue weighted by atomic mass is 16.3. The van der Waals surface area contributed by atoms with E-state index in [-0.39, 0.29) is 22.7 Å². The molecule has 5 heteroatoms. The zero-order valence-electron chi connectivity index (χ0n) is 9.70. The molecule has 3 rings (SSSR count). The summed E-state index contributed by atoms with van der Waals surface area (Å²) in [5, 5.41) is 29.0. The minimum Gasteiger partial charge on any atom is -0.512 e. The first-order valence-electron chi connectivity index (χ1n) is 5.73. The Hall–Kier alpha value is -2.56. The summed E-state index contributed by atoms with van der Waals surface area (Å²) in [5.41, 5.74) is -0.151. The Balaban J connectivity index is 2.27. The number of hydrogen-bond acceptors (Lipinski definition) is 5. The number of fused-ring (bicyclic) bond motifs is 2. The lowest BCUT2D eigenvalue weighted by Gasteiger charge is -2.30. The number of phenolic OH excluding ortho intramolecular Hbond substituents is 2. The molecule has 0 aromatic heterocycles. The maximum atomic E-state index is 12.3. The van der Waals surface area contributed by atoms with Gasteiger partial charge in [0.25, 0.3) is 0 Å². The number of carbonyl (C=O) groups excluding carboxylic acids is 2. The molecule has 1 aromatic rings. The second-order valence-electron chi connectivity index (χ2n) is 4.56. The molecule has 2 aliphatic rings. The third kappa shape index (κ3) is 1.41. The SMILES string of the molecule is O=C1c2ccc(O)c(O)c2C(=O)C2C(O)=CC=CC12. The van der Waals surface area contributed by atoms with Gasteiger partial charge in [-0.2, -0.15) is 0 Å². The van der Waals surface area contributed by atoms with E-state index in [2.05, 4.69) is 0 Å². The van der Waals surface area contributed by atoms with Gasteiger partial charge in [-0.1, -0.05) is 12.2 Å². The minimum atomic E-state index is -1.02. The van der Waals surface area contributed by atoms with Crippen molar-refractivity contribution < 1.29 is 24.9 Å². The number of phenols is 2. The Morgan fingerprint density at radius 1 is 1.00 bits per heavy atom. The first kappa shape index (κ1) is 11.5. The number of rotatable bonds is 0. The predicted octanol–water partition coefficient (Wildman–Crippen LogP) is 1.72.